The van der Waals surface area contributed by atoms with Gasteiger partial charge in [-0.05, 0) is 19.1 Å². The molecule has 1 unspecified atom stereocenters. The highest BCUT2D eigenvalue weighted by molar-refractivity contribution is 6.04. The number of hydrogen-bond donors (Lipinski definition) is 1. The van der Waals surface area contributed by atoms with Crippen LogP contribution in [0.25, 0.3) is 0 Å². The van der Waals surface area contributed by atoms with Gasteiger partial charge in [0.25, 0.3) is 0 Å². The Morgan fingerprint density at radius 2 is 2.11 bits per heavy atom. The highest BCUT2D eigenvalue weighted by Crippen LogP contribution is 2.27. The number of ether oxygens (including phenoxy) is 1. The number of benzene rings is 1. The van der Waals surface area contributed by atoms with E-state index in [2.05, 4.69) is 6.92 Å². The number of rotatable bonds is 4. The molecule has 0 aromatic heterocycles. The quantitative estimate of drug-likeness (QED) is 0.825. The molecule has 0 heterocycles. The average Bonchev–Trinajstić information content (AvgIpc) is 2.39. The van der Waals surface area contributed by atoms with E-state index in [0.717, 1.165) is 0 Å². The van der Waals surface area contributed by atoms with E-state index in [1.54, 1.807) is 36.4 Å². The van der Waals surface area contributed by atoms with Gasteiger partial charge in [0.15, 0.2) is 11.4 Å². The molecule has 0 bridgehead atoms. The van der Waals surface area contributed by atoms with Crippen molar-refractivity contribution in [1.82, 2.24) is 0 Å². The van der Waals surface area contributed by atoms with Gasteiger partial charge in [-0.25, -0.2) is 0 Å². The highest BCUT2D eigenvalue weighted by atomic mass is 16.5. The number of carbonyl (C=O) groups is 1. The first-order chi connectivity index (χ1) is 8.65. The molecule has 18 heavy (non-hydrogen) atoms. The van der Waals surface area contributed by atoms with Gasteiger partial charge in [0.05, 0.1) is 12.4 Å². The van der Waals surface area contributed by atoms with Crippen LogP contribution in [0, 0.1) is 6.92 Å². The molecular formula is C15H15O3. The van der Waals surface area contributed by atoms with Crippen LogP contribution in [0.5, 0.6) is 0 Å². The van der Waals surface area contributed by atoms with Gasteiger partial charge in [-0.2, -0.15) is 0 Å². The zero-order valence-corrected chi connectivity index (χ0v) is 10.0. The summed E-state index contributed by atoms with van der Waals surface area (Å²) in [6.07, 6.45) is 5.01. The van der Waals surface area contributed by atoms with Crippen LogP contribution in [0.1, 0.15) is 16.8 Å². The molecule has 1 aromatic carbocycles. The maximum Gasteiger partial charge on any atom is 0.198 e. The third kappa shape index (κ3) is 2.51. The van der Waals surface area contributed by atoms with Crippen molar-refractivity contribution in [3.63, 3.8) is 0 Å². The van der Waals surface area contributed by atoms with Crippen molar-refractivity contribution in [2.45, 2.75) is 12.0 Å². The van der Waals surface area contributed by atoms with Crippen molar-refractivity contribution in [3.8, 4) is 0 Å². The fourth-order valence-corrected chi connectivity index (χ4v) is 1.92. The molecule has 0 spiro atoms. The number of ketones is 1. The van der Waals surface area contributed by atoms with Crippen LogP contribution in [-0.2, 0) is 4.74 Å². The van der Waals surface area contributed by atoms with E-state index in [0.29, 0.717) is 11.3 Å². The van der Waals surface area contributed by atoms with Crippen molar-refractivity contribution in [2.75, 3.05) is 6.61 Å². The first-order valence-electron chi connectivity index (χ1n) is 5.78. The number of carbonyl (C=O) groups excluding carboxylic acids is 1. The van der Waals surface area contributed by atoms with E-state index in [-0.39, 0.29) is 18.8 Å². The van der Waals surface area contributed by atoms with Crippen LogP contribution >= 0.6 is 0 Å². The lowest BCUT2D eigenvalue weighted by atomic mass is 9.86. The molecule has 1 aliphatic rings. The Hall–Kier alpha value is -1.87. The van der Waals surface area contributed by atoms with Crippen LogP contribution in [0.2, 0.25) is 0 Å². The molecule has 1 aliphatic carbocycles. The summed E-state index contributed by atoms with van der Waals surface area (Å²) in [4.78, 5) is 12.3. The fourth-order valence-electron chi connectivity index (χ4n) is 1.92. The summed E-state index contributed by atoms with van der Waals surface area (Å²) < 4.78 is 5.25. The van der Waals surface area contributed by atoms with E-state index in [1.807, 2.05) is 6.07 Å². The number of aliphatic hydroxyl groups is 1. The van der Waals surface area contributed by atoms with Gasteiger partial charge in [0.2, 0.25) is 0 Å². The van der Waals surface area contributed by atoms with Gasteiger partial charge in [-0.1, -0.05) is 36.4 Å². The van der Waals surface area contributed by atoms with Crippen LogP contribution in [0.3, 0.4) is 0 Å². The summed E-state index contributed by atoms with van der Waals surface area (Å²) in [5.41, 5.74) is -1.04. The van der Waals surface area contributed by atoms with Gasteiger partial charge in [0.1, 0.15) is 0 Å². The molecule has 3 heteroatoms. The Morgan fingerprint density at radius 1 is 1.39 bits per heavy atom. The predicted molar refractivity (Wildman–Crippen MR) is 68.9 cm³/mol. The lowest BCUT2D eigenvalue weighted by Crippen LogP contribution is -2.38. The largest absolute Gasteiger partial charge is 0.498 e. The topological polar surface area (TPSA) is 46.5 Å². The molecule has 1 atom stereocenters. The van der Waals surface area contributed by atoms with Crippen LogP contribution in [0.15, 0.2) is 54.3 Å². The van der Waals surface area contributed by atoms with Crippen LogP contribution < -0.4 is 0 Å². The normalized spacial score (nSPS) is 22.4. The van der Waals surface area contributed by atoms with Gasteiger partial charge >= 0.3 is 0 Å². The van der Waals surface area contributed by atoms with Crippen molar-refractivity contribution >= 4 is 5.78 Å². The lowest BCUT2D eigenvalue weighted by molar-refractivity contribution is 0.0452. The summed E-state index contributed by atoms with van der Waals surface area (Å²) in [5, 5.41) is 10.4. The minimum Gasteiger partial charge on any atom is -0.498 e. The second-order valence-corrected chi connectivity index (χ2v) is 4.14. The van der Waals surface area contributed by atoms with Crippen molar-refractivity contribution in [3.05, 3.63) is 66.8 Å². The first-order valence-corrected chi connectivity index (χ1v) is 5.78. The maximum absolute atomic E-state index is 12.3. The third-order valence-electron chi connectivity index (χ3n) is 2.81. The predicted octanol–water partition coefficient (Wildman–Crippen LogP) is 2.29. The van der Waals surface area contributed by atoms with Crippen LogP contribution in [-0.4, -0.2) is 23.1 Å². The molecule has 0 saturated carbocycles. The second kappa shape index (κ2) is 5.19. The summed E-state index contributed by atoms with van der Waals surface area (Å²) >= 11 is 0. The number of allylic oxidation sites excluding steroid dienone is 2. The van der Waals surface area contributed by atoms with E-state index >= 15 is 0 Å². The molecule has 0 aliphatic heterocycles. The average molecular weight is 243 g/mol. The number of hydrogen-bond acceptors (Lipinski definition) is 3. The van der Waals surface area contributed by atoms with Crippen LogP contribution in [0.4, 0.5) is 0 Å². The Kier molecular flexibility index (Phi) is 3.63. The third-order valence-corrected chi connectivity index (χ3v) is 2.81. The Bertz CT molecular complexity index is 488. The van der Waals surface area contributed by atoms with E-state index in [4.69, 9.17) is 4.74 Å². The zero-order chi connectivity index (χ0) is 13.0. The molecule has 1 aromatic rings. The Labute approximate surface area is 106 Å². The monoisotopic (exact) mass is 243 g/mol. The van der Waals surface area contributed by atoms with E-state index < -0.39 is 5.60 Å². The van der Waals surface area contributed by atoms with Gasteiger partial charge in [-0.15, -0.1) is 0 Å². The fraction of sp³-hybridized carbons (Fsp3) is 0.200. The summed E-state index contributed by atoms with van der Waals surface area (Å²) in [6, 6.07) is 8.75. The van der Waals surface area contributed by atoms with Crippen molar-refractivity contribution in [2.24, 2.45) is 0 Å². The van der Waals surface area contributed by atoms with Gasteiger partial charge in [0, 0.05) is 12.0 Å². The minimum atomic E-state index is -1.53. The molecule has 1 N–H and O–H groups in total. The first kappa shape index (κ1) is 12.6. The van der Waals surface area contributed by atoms with Gasteiger partial charge in [-0.3, -0.25) is 4.79 Å². The smallest absolute Gasteiger partial charge is 0.198 e. The molecule has 0 saturated heterocycles. The summed E-state index contributed by atoms with van der Waals surface area (Å²) in [6.45, 7) is 3.85. The molecule has 93 valence electrons. The van der Waals surface area contributed by atoms with Crippen molar-refractivity contribution in [1.29, 1.82) is 0 Å². The molecule has 3 nitrogen and oxygen atoms in total. The molecule has 1 radical (unpaired) electrons. The molecular weight excluding hydrogens is 228 g/mol. The summed E-state index contributed by atoms with van der Waals surface area (Å²) in [7, 11) is 0. The molecule has 0 amide bonds. The second-order valence-electron chi connectivity index (χ2n) is 4.14. The molecule has 0 fully saturated rings. The zero-order valence-electron chi connectivity index (χ0n) is 10.0. The van der Waals surface area contributed by atoms with Crippen molar-refractivity contribution < 1.29 is 14.6 Å². The standard InChI is InChI=1S/C15H15O3/c1-2-18-13-9-6-10-15(17,11-13)14(16)12-7-4-3-5-8-12/h3-10,17H,1-2,11H2. The number of Topliss-reactive ketones (excluding diaryl/α,β-unsaturated/α-hetero) is 1. The van der Waals surface area contributed by atoms with E-state index in [1.165, 1.54) is 6.08 Å². The minimum absolute atomic E-state index is 0.146. The van der Waals surface area contributed by atoms with E-state index in [9.17, 15) is 9.90 Å². The Morgan fingerprint density at radius 3 is 2.78 bits per heavy atom. The molecule has 2 rings (SSSR count). The van der Waals surface area contributed by atoms with Gasteiger partial charge < -0.3 is 9.84 Å². The Balaban J connectivity index is 2.21. The highest BCUT2D eigenvalue weighted by Gasteiger charge is 2.36. The summed E-state index contributed by atoms with van der Waals surface area (Å²) in [5.74, 6) is 0.247. The SMILES string of the molecule is [CH2]COC1=CC=CC(O)(C(=O)c2ccccc2)C1. The maximum atomic E-state index is 12.3. The lowest BCUT2D eigenvalue weighted by Gasteiger charge is -2.26.